The number of fused-ring (bicyclic) bond motifs is 1. The maximum Gasteiger partial charge on any atom is 0.274 e. The number of aromatic nitrogens is 1. The fourth-order valence-corrected chi connectivity index (χ4v) is 5.03. The predicted molar refractivity (Wildman–Crippen MR) is 108 cm³/mol. The van der Waals surface area contributed by atoms with Gasteiger partial charge in [-0.3, -0.25) is 19.4 Å². The van der Waals surface area contributed by atoms with Crippen molar-refractivity contribution in [2.75, 3.05) is 10.2 Å². The van der Waals surface area contributed by atoms with Crippen molar-refractivity contribution >= 4 is 40.7 Å². The molecule has 4 aliphatic rings. The summed E-state index contributed by atoms with van der Waals surface area (Å²) in [7, 11) is 0. The molecule has 6 rings (SSSR count). The number of hydrogen-bond acceptors (Lipinski definition) is 4. The fourth-order valence-electron chi connectivity index (χ4n) is 4.77. The van der Waals surface area contributed by atoms with Crippen molar-refractivity contribution in [3.63, 3.8) is 0 Å². The maximum absolute atomic E-state index is 13.1. The van der Waals surface area contributed by atoms with Crippen LogP contribution in [0.2, 0.25) is 5.02 Å². The van der Waals surface area contributed by atoms with E-state index in [-0.39, 0.29) is 52.1 Å². The summed E-state index contributed by atoms with van der Waals surface area (Å²) in [5.74, 6) is -1.03. The minimum absolute atomic E-state index is 0.127. The number of halogens is 1. The molecule has 2 heterocycles. The van der Waals surface area contributed by atoms with Crippen LogP contribution in [0.15, 0.2) is 54.7 Å². The molecular formula is C22H18ClN3O3. The molecule has 1 N–H and O–H groups in total. The van der Waals surface area contributed by atoms with Gasteiger partial charge in [-0.05, 0) is 55.0 Å². The van der Waals surface area contributed by atoms with Gasteiger partial charge >= 0.3 is 0 Å². The van der Waals surface area contributed by atoms with E-state index < -0.39 is 0 Å². The average Bonchev–Trinajstić information content (AvgIpc) is 3.02. The van der Waals surface area contributed by atoms with Crippen LogP contribution in [0.5, 0.6) is 0 Å². The number of hydrogen-bond donors (Lipinski definition) is 1. The second-order valence-corrected chi connectivity index (χ2v) is 8.10. The first kappa shape index (κ1) is 18.1. The second kappa shape index (κ2) is 6.81. The van der Waals surface area contributed by atoms with E-state index in [1.165, 1.54) is 11.1 Å². The van der Waals surface area contributed by atoms with Gasteiger partial charge in [-0.1, -0.05) is 29.8 Å². The van der Waals surface area contributed by atoms with Gasteiger partial charge in [-0.2, -0.15) is 0 Å². The lowest BCUT2D eigenvalue weighted by molar-refractivity contribution is -0.124. The van der Waals surface area contributed by atoms with E-state index in [1.54, 1.807) is 36.4 Å². The quantitative estimate of drug-likeness (QED) is 0.621. The maximum atomic E-state index is 13.1. The van der Waals surface area contributed by atoms with Crippen molar-refractivity contribution < 1.29 is 14.4 Å². The largest absolute Gasteiger partial charge is 0.321 e. The molecule has 1 aromatic carbocycles. The van der Waals surface area contributed by atoms with Crippen LogP contribution in [0, 0.1) is 23.7 Å². The number of carbonyl (C=O) groups is 3. The van der Waals surface area contributed by atoms with Gasteiger partial charge in [-0.25, -0.2) is 4.90 Å². The first-order chi connectivity index (χ1) is 14.0. The highest BCUT2D eigenvalue weighted by molar-refractivity contribution is 6.36. The molecule has 0 unspecified atom stereocenters. The highest BCUT2D eigenvalue weighted by Crippen LogP contribution is 2.51. The Kier molecular flexibility index (Phi) is 4.24. The molecule has 2 aromatic rings. The summed E-state index contributed by atoms with van der Waals surface area (Å²) in [5.41, 5.74) is 1.11. The van der Waals surface area contributed by atoms with Gasteiger partial charge in [0.25, 0.3) is 5.91 Å². The molecule has 0 spiro atoms. The molecule has 1 saturated heterocycles. The van der Waals surface area contributed by atoms with E-state index in [4.69, 9.17) is 11.6 Å². The van der Waals surface area contributed by atoms with Crippen molar-refractivity contribution in [2.24, 2.45) is 23.7 Å². The number of allylic oxidation sites excluding steroid dienone is 2. The number of benzene rings is 1. The Balaban J connectivity index is 1.40. The predicted octanol–water partition coefficient (Wildman–Crippen LogP) is 3.69. The fraction of sp³-hybridized carbons (Fsp3) is 0.273. The lowest BCUT2D eigenvalue weighted by Crippen LogP contribution is -2.38. The number of imide groups is 1. The Bertz CT molecular complexity index is 1020. The summed E-state index contributed by atoms with van der Waals surface area (Å²) in [5, 5.41) is 2.97. The SMILES string of the molecule is O=C(Nc1ccc(N2C(=O)[C@@H]3[C@H](C2=O)[C@H]2C=C[C@@H]3CC2)c(Cl)c1)c1ccccn1. The Labute approximate surface area is 172 Å². The van der Waals surface area contributed by atoms with E-state index >= 15 is 0 Å². The van der Waals surface area contributed by atoms with Crippen molar-refractivity contribution in [2.45, 2.75) is 12.8 Å². The standard InChI is InChI=1S/C22H18ClN3O3/c23-15-11-14(25-20(27)16-3-1-2-10-24-16)8-9-17(15)26-21(28)18-12-4-5-13(7-6-12)19(18)22(26)29/h1-5,8-13,18-19H,6-7H2,(H,25,27)/t12-,13+,18+,19-. The van der Waals surface area contributed by atoms with Crippen LogP contribution in [-0.4, -0.2) is 22.7 Å². The first-order valence-electron chi connectivity index (χ1n) is 9.62. The zero-order chi connectivity index (χ0) is 20.1. The summed E-state index contributed by atoms with van der Waals surface area (Å²) in [6.45, 7) is 0. The van der Waals surface area contributed by atoms with Crippen LogP contribution >= 0.6 is 11.6 Å². The average molecular weight is 408 g/mol. The highest BCUT2D eigenvalue weighted by Gasteiger charge is 2.57. The van der Waals surface area contributed by atoms with Crippen LogP contribution in [0.4, 0.5) is 11.4 Å². The summed E-state index contributed by atoms with van der Waals surface area (Å²) < 4.78 is 0. The summed E-state index contributed by atoms with van der Waals surface area (Å²) in [6, 6.07) is 9.86. The zero-order valence-corrected chi connectivity index (χ0v) is 16.2. The number of nitrogens with zero attached hydrogens (tertiary/aromatic N) is 2. The molecule has 146 valence electrons. The smallest absolute Gasteiger partial charge is 0.274 e. The van der Waals surface area contributed by atoms with Crippen molar-refractivity contribution in [3.05, 3.63) is 65.5 Å². The van der Waals surface area contributed by atoms with Gasteiger partial charge in [0, 0.05) is 11.9 Å². The van der Waals surface area contributed by atoms with Gasteiger partial charge in [0.2, 0.25) is 11.8 Å². The Hall–Kier alpha value is -2.99. The monoisotopic (exact) mass is 407 g/mol. The lowest BCUT2D eigenvalue weighted by Gasteiger charge is -2.38. The van der Waals surface area contributed by atoms with E-state index in [2.05, 4.69) is 22.5 Å². The minimum Gasteiger partial charge on any atom is -0.321 e. The molecule has 3 aliphatic carbocycles. The molecule has 2 bridgehead atoms. The molecule has 29 heavy (non-hydrogen) atoms. The Morgan fingerprint density at radius 3 is 2.28 bits per heavy atom. The molecule has 7 heteroatoms. The van der Waals surface area contributed by atoms with Crippen molar-refractivity contribution in [1.82, 2.24) is 4.98 Å². The van der Waals surface area contributed by atoms with Gasteiger partial charge in [-0.15, -0.1) is 0 Å². The van der Waals surface area contributed by atoms with Gasteiger partial charge in [0.15, 0.2) is 0 Å². The third-order valence-corrected chi connectivity index (χ3v) is 6.41. The van der Waals surface area contributed by atoms with Gasteiger partial charge in [0.05, 0.1) is 22.5 Å². The van der Waals surface area contributed by atoms with Gasteiger partial charge < -0.3 is 5.32 Å². The summed E-state index contributed by atoms with van der Waals surface area (Å²) in [4.78, 5) is 43.7. The van der Waals surface area contributed by atoms with E-state index in [1.807, 2.05) is 0 Å². The molecular weight excluding hydrogens is 390 g/mol. The van der Waals surface area contributed by atoms with Crippen LogP contribution in [0.1, 0.15) is 23.3 Å². The molecule has 4 atom stereocenters. The van der Waals surface area contributed by atoms with E-state index in [9.17, 15) is 14.4 Å². The highest BCUT2D eigenvalue weighted by atomic mass is 35.5. The Morgan fingerprint density at radius 2 is 1.72 bits per heavy atom. The second-order valence-electron chi connectivity index (χ2n) is 7.69. The number of anilines is 2. The van der Waals surface area contributed by atoms with E-state index in [0.717, 1.165) is 12.8 Å². The first-order valence-corrected chi connectivity index (χ1v) is 10.0. The minimum atomic E-state index is -0.364. The number of rotatable bonds is 3. The van der Waals surface area contributed by atoms with Crippen molar-refractivity contribution in [1.29, 1.82) is 0 Å². The van der Waals surface area contributed by atoms with Crippen LogP contribution in [0.3, 0.4) is 0 Å². The molecule has 3 amide bonds. The van der Waals surface area contributed by atoms with E-state index in [0.29, 0.717) is 11.4 Å². The number of pyridine rings is 1. The van der Waals surface area contributed by atoms with Crippen LogP contribution in [0.25, 0.3) is 0 Å². The summed E-state index contributed by atoms with van der Waals surface area (Å²) >= 11 is 6.43. The molecule has 1 aromatic heterocycles. The topological polar surface area (TPSA) is 79.4 Å². The molecule has 0 radical (unpaired) electrons. The number of nitrogens with one attached hydrogen (secondary N) is 1. The third kappa shape index (κ3) is 2.86. The number of carbonyl (C=O) groups excluding carboxylic acids is 3. The molecule has 1 aliphatic heterocycles. The molecule has 6 nitrogen and oxygen atoms in total. The van der Waals surface area contributed by atoms with Crippen molar-refractivity contribution in [3.8, 4) is 0 Å². The normalized spacial score (nSPS) is 27.3. The zero-order valence-electron chi connectivity index (χ0n) is 15.4. The van der Waals surface area contributed by atoms with Gasteiger partial charge in [0.1, 0.15) is 5.69 Å². The summed E-state index contributed by atoms with van der Waals surface area (Å²) in [6.07, 6.45) is 7.60. The Morgan fingerprint density at radius 1 is 1.03 bits per heavy atom. The number of amides is 3. The molecule has 2 fully saturated rings. The molecule has 1 saturated carbocycles. The van der Waals surface area contributed by atoms with Crippen LogP contribution < -0.4 is 10.2 Å². The van der Waals surface area contributed by atoms with Crippen LogP contribution in [-0.2, 0) is 9.59 Å². The lowest BCUT2D eigenvalue weighted by atomic mass is 9.63. The third-order valence-electron chi connectivity index (χ3n) is 6.10.